The van der Waals surface area contributed by atoms with Gasteiger partial charge in [0, 0.05) is 17.7 Å². The van der Waals surface area contributed by atoms with Gasteiger partial charge in [0.15, 0.2) is 0 Å². The predicted molar refractivity (Wildman–Crippen MR) is 57.6 cm³/mol. The van der Waals surface area contributed by atoms with Gasteiger partial charge in [-0.05, 0) is 23.8 Å². The van der Waals surface area contributed by atoms with Crippen LogP contribution < -0.4 is 5.32 Å². The van der Waals surface area contributed by atoms with E-state index in [1.807, 2.05) is 17.8 Å². The molecule has 0 saturated carbocycles. The van der Waals surface area contributed by atoms with E-state index in [4.69, 9.17) is 0 Å². The molecular formula is C9H11NOS2. The Morgan fingerprint density at radius 3 is 3.15 bits per heavy atom. The van der Waals surface area contributed by atoms with E-state index in [1.54, 1.807) is 18.4 Å². The first-order valence-electron chi connectivity index (χ1n) is 4.22. The Hall–Kier alpha value is -0.480. The van der Waals surface area contributed by atoms with Gasteiger partial charge in [-0.3, -0.25) is 4.79 Å². The van der Waals surface area contributed by atoms with E-state index >= 15 is 0 Å². The average Bonchev–Trinajstić information content (AvgIpc) is 2.59. The van der Waals surface area contributed by atoms with E-state index in [1.165, 1.54) is 16.2 Å². The fourth-order valence-corrected chi connectivity index (χ4v) is 3.70. The smallest absolute Gasteiger partial charge is 0.261 e. The third-order valence-corrected chi connectivity index (χ3v) is 4.32. The molecule has 1 aliphatic heterocycles. The molecule has 1 aromatic heterocycles. The van der Waals surface area contributed by atoms with E-state index in [0.717, 1.165) is 17.1 Å². The van der Waals surface area contributed by atoms with Crippen LogP contribution in [-0.4, -0.2) is 18.7 Å². The minimum atomic E-state index is 0.0457. The van der Waals surface area contributed by atoms with Crippen LogP contribution in [0.5, 0.6) is 0 Å². The molecule has 13 heavy (non-hydrogen) atoms. The van der Waals surface area contributed by atoms with Crippen molar-refractivity contribution in [2.75, 3.05) is 12.8 Å². The Bertz CT molecular complexity index is 309. The van der Waals surface area contributed by atoms with E-state index in [2.05, 4.69) is 5.32 Å². The Morgan fingerprint density at radius 2 is 2.46 bits per heavy atom. The van der Waals surface area contributed by atoms with Crippen LogP contribution in [0.25, 0.3) is 0 Å². The van der Waals surface area contributed by atoms with Crippen molar-refractivity contribution in [3.63, 3.8) is 0 Å². The zero-order valence-corrected chi connectivity index (χ0v) is 9.06. The molecule has 1 amide bonds. The topological polar surface area (TPSA) is 29.1 Å². The monoisotopic (exact) mass is 213 g/mol. The highest BCUT2D eigenvalue weighted by Crippen LogP contribution is 2.31. The second-order valence-electron chi connectivity index (χ2n) is 2.94. The molecule has 0 fully saturated rings. The number of fused-ring (bicyclic) bond motifs is 1. The third-order valence-electron chi connectivity index (χ3n) is 2.08. The van der Waals surface area contributed by atoms with Crippen LogP contribution >= 0.6 is 23.1 Å². The maximum Gasteiger partial charge on any atom is 0.261 e. The SMILES string of the molecule is CNC(=O)c1cc2c(s1)CCSC2. The van der Waals surface area contributed by atoms with Crippen LogP contribution in [0.1, 0.15) is 20.1 Å². The average molecular weight is 213 g/mol. The number of hydrogen-bond donors (Lipinski definition) is 1. The van der Waals surface area contributed by atoms with Crippen LogP contribution in [-0.2, 0) is 12.2 Å². The van der Waals surface area contributed by atoms with Crippen LogP contribution in [0.4, 0.5) is 0 Å². The minimum absolute atomic E-state index is 0.0457. The Kier molecular flexibility index (Phi) is 2.60. The Balaban J connectivity index is 2.30. The molecule has 4 heteroatoms. The third kappa shape index (κ3) is 1.74. The van der Waals surface area contributed by atoms with Gasteiger partial charge in [-0.2, -0.15) is 11.8 Å². The van der Waals surface area contributed by atoms with Crippen molar-refractivity contribution in [2.45, 2.75) is 12.2 Å². The number of hydrogen-bond acceptors (Lipinski definition) is 3. The summed E-state index contributed by atoms with van der Waals surface area (Å²) in [6.45, 7) is 0. The van der Waals surface area contributed by atoms with Gasteiger partial charge in [0.1, 0.15) is 0 Å². The van der Waals surface area contributed by atoms with Crippen molar-refractivity contribution in [3.05, 3.63) is 21.4 Å². The molecule has 0 atom stereocenters. The fourth-order valence-electron chi connectivity index (χ4n) is 1.38. The minimum Gasteiger partial charge on any atom is -0.354 e. The van der Waals surface area contributed by atoms with Crippen molar-refractivity contribution in [2.24, 2.45) is 0 Å². The number of carbonyl (C=O) groups excluding carboxylic acids is 1. The molecule has 0 bridgehead atoms. The zero-order chi connectivity index (χ0) is 9.26. The normalized spacial score (nSPS) is 15.2. The largest absolute Gasteiger partial charge is 0.354 e. The standard InChI is InChI=1S/C9H11NOS2/c1-10-9(11)8-4-6-5-12-3-2-7(6)13-8/h4H,2-3,5H2,1H3,(H,10,11). The highest BCUT2D eigenvalue weighted by atomic mass is 32.2. The van der Waals surface area contributed by atoms with Crippen LogP contribution in [0.15, 0.2) is 6.07 Å². The lowest BCUT2D eigenvalue weighted by molar-refractivity contribution is 0.0967. The molecule has 70 valence electrons. The molecule has 1 aliphatic rings. The summed E-state index contributed by atoms with van der Waals surface area (Å²) in [5, 5.41) is 2.66. The molecule has 2 rings (SSSR count). The van der Waals surface area contributed by atoms with Crippen molar-refractivity contribution >= 4 is 29.0 Å². The molecule has 0 radical (unpaired) electrons. The summed E-state index contributed by atoms with van der Waals surface area (Å²) >= 11 is 3.59. The summed E-state index contributed by atoms with van der Waals surface area (Å²) in [7, 11) is 1.68. The summed E-state index contributed by atoms with van der Waals surface area (Å²) < 4.78 is 0. The highest BCUT2D eigenvalue weighted by Gasteiger charge is 2.16. The van der Waals surface area contributed by atoms with Gasteiger partial charge in [-0.1, -0.05) is 0 Å². The van der Waals surface area contributed by atoms with Gasteiger partial charge >= 0.3 is 0 Å². The lowest BCUT2D eigenvalue weighted by Gasteiger charge is -2.08. The molecule has 2 heterocycles. The van der Waals surface area contributed by atoms with Crippen LogP contribution in [0.3, 0.4) is 0 Å². The quantitative estimate of drug-likeness (QED) is 0.772. The predicted octanol–water partition coefficient (Wildman–Crippen LogP) is 1.90. The molecular weight excluding hydrogens is 202 g/mol. The Labute approximate surface area is 85.7 Å². The summed E-state index contributed by atoms with van der Waals surface area (Å²) in [4.78, 5) is 13.6. The van der Waals surface area contributed by atoms with Crippen molar-refractivity contribution in [1.29, 1.82) is 0 Å². The second kappa shape index (κ2) is 3.72. The van der Waals surface area contributed by atoms with E-state index in [-0.39, 0.29) is 5.91 Å². The van der Waals surface area contributed by atoms with E-state index in [0.29, 0.717) is 0 Å². The fraction of sp³-hybridized carbons (Fsp3) is 0.444. The molecule has 2 nitrogen and oxygen atoms in total. The number of aryl methyl sites for hydroxylation is 1. The van der Waals surface area contributed by atoms with Crippen LogP contribution in [0.2, 0.25) is 0 Å². The molecule has 0 saturated heterocycles. The van der Waals surface area contributed by atoms with E-state index in [9.17, 15) is 4.79 Å². The van der Waals surface area contributed by atoms with Gasteiger partial charge in [-0.15, -0.1) is 11.3 Å². The second-order valence-corrected chi connectivity index (χ2v) is 5.18. The number of carbonyl (C=O) groups is 1. The first kappa shape index (κ1) is 9.09. The summed E-state index contributed by atoms with van der Waals surface area (Å²) in [6, 6.07) is 2.03. The Morgan fingerprint density at radius 1 is 1.62 bits per heavy atom. The number of thiophene rings is 1. The molecule has 1 N–H and O–H groups in total. The van der Waals surface area contributed by atoms with Crippen molar-refractivity contribution in [3.8, 4) is 0 Å². The molecule has 0 spiro atoms. The van der Waals surface area contributed by atoms with Crippen LogP contribution in [0, 0.1) is 0 Å². The first-order valence-corrected chi connectivity index (χ1v) is 6.20. The molecule has 0 unspecified atom stereocenters. The number of nitrogens with one attached hydrogen (secondary N) is 1. The highest BCUT2D eigenvalue weighted by molar-refractivity contribution is 7.98. The lowest BCUT2D eigenvalue weighted by atomic mass is 10.2. The zero-order valence-electron chi connectivity index (χ0n) is 7.42. The number of rotatable bonds is 1. The maximum absolute atomic E-state index is 11.3. The summed E-state index contributed by atoms with van der Waals surface area (Å²) in [5.41, 5.74) is 1.36. The van der Waals surface area contributed by atoms with E-state index < -0.39 is 0 Å². The first-order chi connectivity index (χ1) is 6.31. The molecule has 1 aromatic rings. The van der Waals surface area contributed by atoms with Gasteiger partial charge < -0.3 is 5.32 Å². The van der Waals surface area contributed by atoms with Gasteiger partial charge in [0.2, 0.25) is 0 Å². The molecule has 0 aromatic carbocycles. The lowest BCUT2D eigenvalue weighted by Crippen LogP contribution is -2.16. The maximum atomic E-state index is 11.3. The van der Waals surface area contributed by atoms with Crippen molar-refractivity contribution < 1.29 is 4.79 Å². The van der Waals surface area contributed by atoms with Gasteiger partial charge in [-0.25, -0.2) is 0 Å². The van der Waals surface area contributed by atoms with Crippen molar-refractivity contribution in [1.82, 2.24) is 5.32 Å². The summed E-state index contributed by atoms with van der Waals surface area (Å²) in [6.07, 6.45) is 1.13. The number of amides is 1. The number of thioether (sulfide) groups is 1. The molecule has 0 aliphatic carbocycles. The van der Waals surface area contributed by atoms with Gasteiger partial charge in [0.25, 0.3) is 5.91 Å². The van der Waals surface area contributed by atoms with Gasteiger partial charge in [0.05, 0.1) is 4.88 Å². The summed E-state index contributed by atoms with van der Waals surface area (Å²) in [5.74, 6) is 2.31.